The van der Waals surface area contributed by atoms with E-state index in [4.69, 9.17) is 9.05 Å². The average molecular weight is 839 g/mol. The number of likely N-dealkylation sites (N-methyl/N-ethyl adjacent to an activating group) is 1. The van der Waals surface area contributed by atoms with Crippen LogP contribution in [-0.2, 0) is 18.4 Å². The smallest absolute Gasteiger partial charge is 0.268 e. The van der Waals surface area contributed by atoms with Crippen molar-refractivity contribution < 1.29 is 32.9 Å². The van der Waals surface area contributed by atoms with E-state index in [0.29, 0.717) is 17.4 Å². The lowest BCUT2D eigenvalue weighted by atomic mass is 10.0. The van der Waals surface area contributed by atoms with Crippen LogP contribution in [0.4, 0.5) is 0 Å². The number of nitrogens with one attached hydrogen (secondary N) is 1. The van der Waals surface area contributed by atoms with Gasteiger partial charge in [0.2, 0.25) is 5.91 Å². The standard InChI is InChI=1S/C49H95N2O6P/c1-6-8-10-12-14-16-18-19-20-21-22-23-24-25-26-27-28-29-30-31-33-35-37-39-41-43-49(53)50-47(46-57-58(54,55)56-45-44-51(3,4)5)48(52)42-40-38-36-34-32-17-15-13-11-9-7-2/h22-23,25-26,40,42,47-48,52H,6-21,24,27-39,41,43-46H2,1-5H3,(H-,50,53,54,55)/b23-22-,26-25-,42-40+. The van der Waals surface area contributed by atoms with E-state index in [1.54, 1.807) is 6.08 Å². The maximum atomic E-state index is 12.9. The lowest BCUT2D eigenvalue weighted by molar-refractivity contribution is -0.870. The van der Waals surface area contributed by atoms with Crippen LogP contribution >= 0.6 is 7.82 Å². The summed E-state index contributed by atoms with van der Waals surface area (Å²) in [7, 11) is 1.26. The van der Waals surface area contributed by atoms with Gasteiger partial charge in [0, 0.05) is 6.42 Å². The second kappa shape index (κ2) is 41.1. The molecule has 0 fully saturated rings. The number of quaternary nitrogens is 1. The van der Waals surface area contributed by atoms with E-state index in [1.165, 1.54) is 154 Å². The summed E-state index contributed by atoms with van der Waals surface area (Å²) in [5, 5.41) is 13.8. The molecular formula is C49H95N2O6P. The van der Waals surface area contributed by atoms with E-state index >= 15 is 0 Å². The topological polar surface area (TPSA) is 108 Å². The summed E-state index contributed by atoms with van der Waals surface area (Å²) in [6.45, 7) is 4.63. The van der Waals surface area contributed by atoms with Gasteiger partial charge in [-0.25, -0.2) is 0 Å². The first-order chi connectivity index (χ1) is 28.0. The number of hydrogen-bond acceptors (Lipinski definition) is 6. The van der Waals surface area contributed by atoms with Crippen molar-refractivity contribution in [1.29, 1.82) is 0 Å². The van der Waals surface area contributed by atoms with Crippen molar-refractivity contribution in [2.75, 3.05) is 40.9 Å². The lowest BCUT2D eigenvalue weighted by Crippen LogP contribution is -2.45. The van der Waals surface area contributed by atoms with Gasteiger partial charge in [-0.05, 0) is 51.4 Å². The Kier molecular flexibility index (Phi) is 40.2. The molecule has 0 radical (unpaired) electrons. The summed E-state index contributed by atoms with van der Waals surface area (Å²) >= 11 is 0. The fourth-order valence-electron chi connectivity index (χ4n) is 6.95. The number of rotatable bonds is 44. The number of nitrogens with zero attached hydrogens (tertiary/aromatic N) is 1. The molecule has 0 aliphatic heterocycles. The zero-order valence-corrected chi connectivity index (χ0v) is 39.6. The molecule has 58 heavy (non-hydrogen) atoms. The maximum Gasteiger partial charge on any atom is 0.268 e. The van der Waals surface area contributed by atoms with Crippen molar-refractivity contribution in [3.63, 3.8) is 0 Å². The summed E-state index contributed by atoms with van der Waals surface area (Å²) < 4.78 is 23.2. The van der Waals surface area contributed by atoms with Crippen LogP contribution in [0, 0.1) is 0 Å². The van der Waals surface area contributed by atoms with Crippen LogP contribution in [0.15, 0.2) is 36.5 Å². The molecule has 0 aromatic heterocycles. The minimum Gasteiger partial charge on any atom is -0.756 e. The first-order valence-corrected chi connectivity index (χ1v) is 25.8. The third kappa shape index (κ3) is 42.8. The first-order valence-electron chi connectivity index (χ1n) is 24.4. The van der Waals surface area contributed by atoms with Gasteiger partial charge < -0.3 is 28.8 Å². The monoisotopic (exact) mass is 839 g/mol. The predicted octanol–water partition coefficient (Wildman–Crippen LogP) is 13.2. The number of phosphoric ester groups is 1. The van der Waals surface area contributed by atoms with Gasteiger partial charge >= 0.3 is 0 Å². The summed E-state index contributed by atoms with van der Waals surface area (Å²) in [6, 6.07) is -0.886. The van der Waals surface area contributed by atoms with E-state index < -0.39 is 20.0 Å². The summed E-state index contributed by atoms with van der Waals surface area (Å²) in [5.41, 5.74) is 0. The Morgan fingerprint density at radius 1 is 0.603 bits per heavy atom. The van der Waals surface area contributed by atoms with Gasteiger partial charge in [0.05, 0.1) is 39.9 Å². The van der Waals surface area contributed by atoms with Gasteiger partial charge in [0.15, 0.2) is 0 Å². The number of phosphoric acid groups is 1. The number of aliphatic hydroxyl groups is 1. The van der Waals surface area contributed by atoms with Crippen molar-refractivity contribution in [2.45, 2.75) is 231 Å². The molecule has 0 bridgehead atoms. The first kappa shape index (κ1) is 56.7. The van der Waals surface area contributed by atoms with Crippen LogP contribution in [-0.4, -0.2) is 68.5 Å². The Labute approximate surface area is 359 Å². The van der Waals surface area contributed by atoms with Crippen LogP contribution in [0.25, 0.3) is 0 Å². The minimum absolute atomic E-state index is 0.00213. The van der Waals surface area contributed by atoms with Crippen LogP contribution in [0.3, 0.4) is 0 Å². The van der Waals surface area contributed by atoms with Gasteiger partial charge in [-0.3, -0.25) is 9.36 Å². The molecule has 342 valence electrons. The van der Waals surface area contributed by atoms with Crippen molar-refractivity contribution in [3.05, 3.63) is 36.5 Å². The molecule has 0 saturated carbocycles. The third-order valence-corrected chi connectivity index (χ3v) is 11.8. The van der Waals surface area contributed by atoms with Crippen molar-refractivity contribution >= 4 is 13.7 Å². The van der Waals surface area contributed by atoms with Gasteiger partial charge in [0.25, 0.3) is 7.82 Å². The molecule has 1 amide bonds. The lowest BCUT2D eigenvalue weighted by Gasteiger charge is -2.29. The Hall–Kier alpha value is -1.28. The van der Waals surface area contributed by atoms with Gasteiger partial charge in [-0.2, -0.15) is 0 Å². The van der Waals surface area contributed by atoms with Crippen LogP contribution in [0.2, 0.25) is 0 Å². The minimum atomic E-state index is -4.59. The molecule has 3 unspecified atom stereocenters. The third-order valence-electron chi connectivity index (χ3n) is 10.8. The summed E-state index contributed by atoms with van der Waals surface area (Å²) in [4.78, 5) is 25.3. The molecule has 3 atom stereocenters. The predicted molar refractivity (Wildman–Crippen MR) is 247 cm³/mol. The van der Waals surface area contributed by atoms with Crippen LogP contribution in [0.1, 0.15) is 219 Å². The molecule has 0 heterocycles. The molecule has 9 heteroatoms. The molecule has 2 N–H and O–H groups in total. The molecule has 8 nitrogen and oxygen atoms in total. The van der Waals surface area contributed by atoms with Crippen molar-refractivity contribution in [2.24, 2.45) is 0 Å². The zero-order chi connectivity index (χ0) is 42.8. The highest BCUT2D eigenvalue weighted by atomic mass is 31.2. The fraction of sp³-hybridized carbons (Fsp3) is 0.857. The molecular weight excluding hydrogens is 744 g/mol. The molecule has 0 aliphatic rings. The van der Waals surface area contributed by atoms with Gasteiger partial charge in [-0.15, -0.1) is 0 Å². The van der Waals surface area contributed by atoms with Crippen LogP contribution < -0.4 is 10.2 Å². The number of hydrogen-bond donors (Lipinski definition) is 2. The maximum absolute atomic E-state index is 12.9. The second-order valence-electron chi connectivity index (χ2n) is 17.8. The van der Waals surface area contributed by atoms with Gasteiger partial charge in [-0.1, -0.05) is 198 Å². The molecule has 0 aliphatic carbocycles. The number of aliphatic hydroxyl groups excluding tert-OH is 1. The number of carbonyl (C=O) groups is 1. The molecule has 0 rings (SSSR count). The normalized spacial score (nSPS) is 14.5. The SMILES string of the molecule is CCCCCCCCCCC/C=C\C/C=C\CCCCCCCCCCCC(=O)NC(COP(=O)([O-])OCC[N+](C)(C)C)C(O)/C=C/CCCCCCCCCCC. The van der Waals surface area contributed by atoms with Crippen LogP contribution in [0.5, 0.6) is 0 Å². The highest BCUT2D eigenvalue weighted by Gasteiger charge is 2.23. The van der Waals surface area contributed by atoms with E-state index in [9.17, 15) is 19.4 Å². The average Bonchev–Trinajstić information content (AvgIpc) is 3.17. The number of unbranched alkanes of at least 4 members (excludes halogenated alkanes) is 27. The molecule has 0 saturated heterocycles. The van der Waals surface area contributed by atoms with E-state index in [-0.39, 0.29) is 19.1 Å². The quantitative estimate of drug-likeness (QED) is 0.0274. The Bertz CT molecular complexity index is 1040. The highest BCUT2D eigenvalue weighted by molar-refractivity contribution is 7.45. The fourth-order valence-corrected chi connectivity index (χ4v) is 7.67. The Balaban J connectivity index is 4.21. The number of carbonyl (C=O) groups excluding carboxylic acids is 1. The Morgan fingerprint density at radius 3 is 1.43 bits per heavy atom. The van der Waals surface area contributed by atoms with E-state index in [1.807, 2.05) is 27.2 Å². The Morgan fingerprint density at radius 2 is 1.00 bits per heavy atom. The molecule has 0 aromatic rings. The second-order valence-corrected chi connectivity index (χ2v) is 19.2. The van der Waals surface area contributed by atoms with Gasteiger partial charge in [0.1, 0.15) is 13.2 Å². The van der Waals surface area contributed by atoms with Crippen molar-refractivity contribution in [1.82, 2.24) is 5.32 Å². The van der Waals surface area contributed by atoms with Crippen molar-refractivity contribution in [3.8, 4) is 0 Å². The number of allylic oxidation sites excluding steroid dienone is 5. The highest BCUT2D eigenvalue weighted by Crippen LogP contribution is 2.38. The summed E-state index contributed by atoms with van der Waals surface area (Å²) in [5.74, 6) is -0.203. The van der Waals surface area contributed by atoms with E-state index in [0.717, 1.165) is 44.9 Å². The number of amides is 1. The molecule has 0 aromatic carbocycles. The van der Waals surface area contributed by atoms with E-state index in [2.05, 4.69) is 43.5 Å². The largest absolute Gasteiger partial charge is 0.756 e. The zero-order valence-electron chi connectivity index (χ0n) is 38.8. The summed E-state index contributed by atoms with van der Waals surface area (Å²) in [6.07, 6.45) is 50.6. The molecule has 0 spiro atoms.